The summed E-state index contributed by atoms with van der Waals surface area (Å²) in [4.78, 5) is 26.8. The number of pyridine rings is 1. The summed E-state index contributed by atoms with van der Waals surface area (Å²) in [5.74, 6) is -1.00. The maximum Gasteiger partial charge on any atom is 0.337 e. The molecule has 0 aromatic carbocycles. The van der Waals surface area contributed by atoms with Gasteiger partial charge in [-0.05, 0) is 25.0 Å². The van der Waals surface area contributed by atoms with Crippen molar-refractivity contribution in [3.05, 3.63) is 52.5 Å². The summed E-state index contributed by atoms with van der Waals surface area (Å²) in [5, 5.41) is 8.78. The van der Waals surface area contributed by atoms with Crippen LogP contribution in [-0.2, 0) is 6.54 Å². The van der Waals surface area contributed by atoms with Crippen LogP contribution < -0.4 is 5.69 Å². The molecule has 0 amide bonds. The van der Waals surface area contributed by atoms with Gasteiger partial charge in [0.25, 0.3) is 0 Å². The van der Waals surface area contributed by atoms with Crippen LogP contribution in [0.15, 0.2) is 35.5 Å². The monoisotopic (exact) mass is 259 g/mol. The van der Waals surface area contributed by atoms with Gasteiger partial charge in [0, 0.05) is 24.6 Å². The summed E-state index contributed by atoms with van der Waals surface area (Å²) in [6.45, 7) is 0.360. The van der Waals surface area contributed by atoms with E-state index in [1.165, 1.54) is 12.3 Å². The lowest BCUT2D eigenvalue weighted by Gasteiger charge is -2.02. The fourth-order valence-corrected chi connectivity index (χ4v) is 2.00. The van der Waals surface area contributed by atoms with Gasteiger partial charge in [-0.2, -0.15) is 0 Å². The molecule has 1 N–H and O–H groups in total. The van der Waals surface area contributed by atoms with E-state index in [2.05, 4.69) is 4.98 Å². The van der Waals surface area contributed by atoms with Crippen LogP contribution in [-0.4, -0.2) is 25.2 Å². The minimum Gasteiger partial charge on any atom is -0.478 e. The first kappa shape index (κ1) is 11.7. The van der Waals surface area contributed by atoms with E-state index in [1.54, 1.807) is 27.6 Å². The number of imidazole rings is 1. The van der Waals surface area contributed by atoms with Crippen molar-refractivity contribution >= 4 is 5.97 Å². The largest absolute Gasteiger partial charge is 0.478 e. The van der Waals surface area contributed by atoms with Crippen LogP contribution in [0.25, 0.3) is 0 Å². The van der Waals surface area contributed by atoms with E-state index in [0.29, 0.717) is 18.3 Å². The van der Waals surface area contributed by atoms with Crippen LogP contribution in [0.5, 0.6) is 0 Å². The van der Waals surface area contributed by atoms with Crippen LogP contribution in [0.4, 0.5) is 0 Å². The van der Waals surface area contributed by atoms with Gasteiger partial charge in [-0.25, -0.2) is 9.59 Å². The van der Waals surface area contributed by atoms with E-state index in [0.717, 1.165) is 12.8 Å². The van der Waals surface area contributed by atoms with Gasteiger partial charge >= 0.3 is 11.7 Å². The number of rotatable bonds is 4. The Morgan fingerprint density at radius 3 is 2.74 bits per heavy atom. The molecule has 0 spiro atoms. The second-order valence-corrected chi connectivity index (χ2v) is 4.69. The first-order valence-electron chi connectivity index (χ1n) is 6.10. The molecule has 6 nitrogen and oxygen atoms in total. The molecule has 1 fully saturated rings. The van der Waals surface area contributed by atoms with Crippen molar-refractivity contribution in [1.82, 2.24) is 14.1 Å². The Morgan fingerprint density at radius 1 is 1.37 bits per heavy atom. The predicted octanol–water partition coefficient (Wildman–Crippen LogP) is 1.13. The SMILES string of the molecule is O=C(O)c1ccc(Cn2ccn(C3CC3)c2=O)nc1. The third-order valence-electron chi connectivity index (χ3n) is 3.22. The maximum absolute atomic E-state index is 12.0. The molecule has 0 radical (unpaired) electrons. The minimum absolute atomic E-state index is 0.0355. The molecule has 0 saturated heterocycles. The standard InChI is InChI=1S/C13H13N3O3/c17-12(18)9-1-2-10(14-7-9)8-15-5-6-16(13(15)19)11-3-4-11/h1-2,5-7,11H,3-4,8H2,(H,17,18). The molecule has 0 unspecified atom stereocenters. The quantitative estimate of drug-likeness (QED) is 0.892. The van der Waals surface area contributed by atoms with Crippen molar-refractivity contribution < 1.29 is 9.90 Å². The van der Waals surface area contributed by atoms with E-state index < -0.39 is 5.97 Å². The van der Waals surface area contributed by atoms with Gasteiger partial charge in [-0.3, -0.25) is 14.1 Å². The molecule has 0 atom stereocenters. The topological polar surface area (TPSA) is 77.1 Å². The third-order valence-corrected chi connectivity index (χ3v) is 3.22. The molecule has 6 heteroatoms. The molecule has 19 heavy (non-hydrogen) atoms. The summed E-state index contributed by atoms with van der Waals surface area (Å²) in [7, 11) is 0. The maximum atomic E-state index is 12.0. The lowest BCUT2D eigenvalue weighted by atomic mass is 10.2. The number of hydrogen-bond donors (Lipinski definition) is 1. The molecular weight excluding hydrogens is 246 g/mol. The van der Waals surface area contributed by atoms with Gasteiger partial charge in [-0.1, -0.05) is 0 Å². The van der Waals surface area contributed by atoms with Gasteiger partial charge in [0.15, 0.2) is 0 Å². The highest BCUT2D eigenvalue weighted by Crippen LogP contribution is 2.33. The van der Waals surface area contributed by atoms with Gasteiger partial charge in [0.2, 0.25) is 0 Å². The summed E-state index contributed by atoms with van der Waals surface area (Å²) in [6, 6.07) is 3.48. The Balaban J connectivity index is 1.81. The first-order valence-corrected chi connectivity index (χ1v) is 6.10. The van der Waals surface area contributed by atoms with Crippen molar-refractivity contribution in [3.8, 4) is 0 Å². The van der Waals surface area contributed by atoms with Gasteiger partial charge in [0.05, 0.1) is 17.8 Å². The highest BCUT2D eigenvalue weighted by molar-refractivity contribution is 5.87. The molecule has 0 bridgehead atoms. The Bertz CT molecular complexity index is 665. The number of aromatic nitrogens is 3. The third kappa shape index (κ3) is 2.29. The molecule has 2 aromatic rings. The lowest BCUT2D eigenvalue weighted by molar-refractivity contribution is 0.0696. The van der Waals surface area contributed by atoms with Crippen LogP contribution in [0.2, 0.25) is 0 Å². The summed E-state index contributed by atoms with van der Waals surface area (Å²) >= 11 is 0. The van der Waals surface area contributed by atoms with E-state index in [4.69, 9.17) is 5.11 Å². The Morgan fingerprint density at radius 2 is 2.16 bits per heavy atom. The van der Waals surface area contributed by atoms with E-state index in [1.807, 2.05) is 0 Å². The van der Waals surface area contributed by atoms with Gasteiger partial charge < -0.3 is 5.11 Å². The van der Waals surface area contributed by atoms with Gasteiger partial charge in [-0.15, -0.1) is 0 Å². The number of carboxylic acid groups (broad SMARTS) is 1. The number of nitrogens with zero attached hydrogens (tertiary/aromatic N) is 3. The Hall–Kier alpha value is -2.37. The number of hydrogen-bond acceptors (Lipinski definition) is 3. The highest BCUT2D eigenvalue weighted by Gasteiger charge is 2.25. The molecule has 98 valence electrons. The molecule has 2 aromatic heterocycles. The molecule has 3 rings (SSSR count). The number of aromatic carboxylic acids is 1. The average Bonchev–Trinajstić information content (AvgIpc) is 3.17. The predicted molar refractivity (Wildman–Crippen MR) is 67.3 cm³/mol. The Kier molecular flexibility index (Phi) is 2.70. The molecule has 0 aliphatic heterocycles. The molecular formula is C13H13N3O3. The smallest absolute Gasteiger partial charge is 0.337 e. The minimum atomic E-state index is -1.00. The Labute approximate surface area is 108 Å². The average molecular weight is 259 g/mol. The zero-order chi connectivity index (χ0) is 13.4. The zero-order valence-electron chi connectivity index (χ0n) is 10.2. The van der Waals surface area contributed by atoms with E-state index in [-0.39, 0.29) is 11.3 Å². The van der Waals surface area contributed by atoms with Crippen molar-refractivity contribution in [2.75, 3.05) is 0 Å². The highest BCUT2D eigenvalue weighted by atomic mass is 16.4. The fourth-order valence-electron chi connectivity index (χ4n) is 2.00. The molecule has 1 aliphatic carbocycles. The second kappa shape index (κ2) is 4.38. The summed E-state index contributed by atoms with van der Waals surface area (Å²) < 4.78 is 3.33. The van der Waals surface area contributed by atoms with Crippen molar-refractivity contribution in [1.29, 1.82) is 0 Å². The van der Waals surface area contributed by atoms with Crippen LogP contribution in [0.1, 0.15) is 34.9 Å². The van der Waals surface area contributed by atoms with Crippen molar-refractivity contribution in [3.63, 3.8) is 0 Å². The van der Waals surface area contributed by atoms with Crippen molar-refractivity contribution in [2.24, 2.45) is 0 Å². The van der Waals surface area contributed by atoms with Crippen LogP contribution in [0.3, 0.4) is 0 Å². The normalized spacial score (nSPS) is 14.5. The van der Waals surface area contributed by atoms with Crippen LogP contribution in [0, 0.1) is 0 Å². The summed E-state index contributed by atoms with van der Waals surface area (Å²) in [5.41, 5.74) is 0.777. The van der Waals surface area contributed by atoms with Gasteiger partial charge in [0.1, 0.15) is 0 Å². The molecule has 2 heterocycles. The lowest BCUT2D eigenvalue weighted by Crippen LogP contribution is -2.24. The second-order valence-electron chi connectivity index (χ2n) is 4.69. The number of carbonyl (C=O) groups is 1. The fraction of sp³-hybridized carbons (Fsp3) is 0.308. The van der Waals surface area contributed by atoms with Crippen LogP contribution >= 0.6 is 0 Å². The first-order chi connectivity index (χ1) is 9.15. The van der Waals surface area contributed by atoms with Crippen molar-refractivity contribution in [2.45, 2.75) is 25.4 Å². The summed E-state index contributed by atoms with van der Waals surface area (Å²) in [6.07, 6.45) is 6.98. The molecule has 1 saturated carbocycles. The number of carboxylic acids is 1. The van der Waals surface area contributed by atoms with E-state index >= 15 is 0 Å². The molecule has 1 aliphatic rings. The zero-order valence-corrected chi connectivity index (χ0v) is 10.2. The van der Waals surface area contributed by atoms with E-state index in [9.17, 15) is 9.59 Å².